The van der Waals surface area contributed by atoms with Crippen molar-refractivity contribution in [1.82, 2.24) is 19.9 Å². The number of hydrogen-bond acceptors (Lipinski definition) is 3. The lowest BCUT2D eigenvalue weighted by atomic mass is 9.76. The number of aromatic amines is 1. The highest BCUT2D eigenvalue weighted by Gasteiger charge is 2.24. The second-order valence-electron chi connectivity index (χ2n) is 8.86. The Bertz CT molecular complexity index is 1160. The molecule has 4 nitrogen and oxygen atoms in total. The fourth-order valence-corrected chi connectivity index (χ4v) is 3.96. The number of fused-ring (bicyclic) bond motifs is 1. The average molecular weight is 403 g/mol. The Morgan fingerprint density at radius 1 is 1.07 bits per heavy atom. The lowest BCUT2D eigenvalue weighted by Gasteiger charge is -2.29. The zero-order valence-corrected chi connectivity index (χ0v) is 17.9. The molecule has 30 heavy (non-hydrogen) atoms. The van der Waals surface area contributed by atoms with Gasteiger partial charge in [0.1, 0.15) is 11.5 Å². The van der Waals surface area contributed by atoms with E-state index in [2.05, 4.69) is 43.7 Å². The summed E-state index contributed by atoms with van der Waals surface area (Å²) in [6, 6.07) is 13.7. The van der Waals surface area contributed by atoms with E-state index in [4.69, 9.17) is 9.97 Å². The smallest absolute Gasteiger partial charge is 0.162 e. The first-order valence-electron chi connectivity index (χ1n) is 10.4. The Morgan fingerprint density at radius 2 is 1.83 bits per heavy atom. The maximum Gasteiger partial charge on any atom is 0.162 e. The van der Waals surface area contributed by atoms with E-state index in [1.54, 1.807) is 0 Å². The molecule has 0 radical (unpaired) electrons. The second-order valence-corrected chi connectivity index (χ2v) is 8.86. The van der Waals surface area contributed by atoms with Gasteiger partial charge in [-0.15, -0.1) is 0 Å². The zero-order chi connectivity index (χ0) is 21.3. The summed E-state index contributed by atoms with van der Waals surface area (Å²) >= 11 is 0. The number of aromatic nitrogens is 4. The van der Waals surface area contributed by atoms with Crippen LogP contribution in [0.3, 0.4) is 0 Å². The minimum atomic E-state index is -0.374. The third kappa shape index (κ3) is 4.11. The largest absolute Gasteiger partial charge is 0.345 e. The van der Waals surface area contributed by atoms with Crippen molar-refractivity contribution < 1.29 is 4.39 Å². The van der Waals surface area contributed by atoms with Gasteiger partial charge in [0.05, 0.1) is 11.9 Å². The molecule has 5 heteroatoms. The third-order valence-corrected chi connectivity index (χ3v) is 5.76. The summed E-state index contributed by atoms with van der Waals surface area (Å²) in [5, 5.41) is 0.689. The van der Waals surface area contributed by atoms with Crippen molar-refractivity contribution in [3.05, 3.63) is 66.4 Å². The number of halogens is 1. The van der Waals surface area contributed by atoms with E-state index >= 15 is 0 Å². The molecule has 0 saturated heterocycles. The van der Waals surface area contributed by atoms with Crippen molar-refractivity contribution in [1.29, 1.82) is 0 Å². The molecule has 154 valence electrons. The Hall–Kier alpha value is -3.08. The number of hydrogen-bond donors (Lipinski definition) is 1. The molecule has 3 heterocycles. The average Bonchev–Trinajstić information content (AvgIpc) is 3.14. The summed E-state index contributed by atoms with van der Waals surface area (Å²) in [5.74, 6) is 0.710. The van der Waals surface area contributed by atoms with Gasteiger partial charge in [0.25, 0.3) is 0 Å². The molecule has 0 amide bonds. The quantitative estimate of drug-likeness (QED) is 0.418. The highest BCUT2D eigenvalue weighted by Crippen LogP contribution is 2.33. The normalized spacial score (nSPS) is 13.0. The highest BCUT2D eigenvalue weighted by molar-refractivity contribution is 5.91. The van der Waals surface area contributed by atoms with Gasteiger partial charge in [-0.2, -0.15) is 0 Å². The summed E-state index contributed by atoms with van der Waals surface area (Å²) in [4.78, 5) is 17.0. The Morgan fingerprint density at radius 3 is 2.53 bits per heavy atom. The monoisotopic (exact) mass is 402 g/mol. The molecular formula is C25H27FN4. The van der Waals surface area contributed by atoms with Crippen LogP contribution in [0.2, 0.25) is 0 Å². The van der Waals surface area contributed by atoms with Gasteiger partial charge < -0.3 is 4.98 Å². The Balaban J connectivity index is 1.86. The van der Waals surface area contributed by atoms with Gasteiger partial charge in [-0.1, -0.05) is 64.4 Å². The molecule has 3 aromatic heterocycles. The lowest BCUT2D eigenvalue weighted by Crippen LogP contribution is -2.22. The molecule has 0 aliphatic carbocycles. The summed E-state index contributed by atoms with van der Waals surface area (Å²) in [5.41, 5.74) is 4.48. The third-order valence-electron chi connectivity index (χ3n) is 5.76. The first-order valence-corrected chi connectivity index (χ1v) is 10.4. The first-order chi connectivity index (χ1) is 14.3. The maximum absolute atomic E-state index is 13.9. The van der Waals surface area contributed by atoms with E-state index in [0.29, 0.717) is 22.8 Å². The number of nitrogens with zero attached hydrogens (tertiary/aromatic N) is 3. The van der Waals surface area contributed by atoms with Gasteiger partial charge in [-0.3, -0.25) is 0 Å². The SMILES string of the molecule is CC[C@@H](Cc1cc(-c2ccccc2)nc(-c2c[nH]c3ncc(F)cc23)n1)C(C)(C)C. The van der Waals surface area contributed by atoms with E-state index in [1.165, 1.54) is 12.3 Å². The molecule has 0 saturated carbocycles. The van der Waals surface area contributed by atoms with Crippen LogP contribution in [0.5, 0.6) is 0 Å². The highest BCUT2D eigenvalue weighted by atomic mass is 19.1. The van der Waals surface area contributed by atoms with E-state index in [9.17, 15) is 4.39 Å². The van der Waals surface area contributed by atoms with E-state index < -0.39 is 0 Å². The van der Waals surface area contributed by atoms with Crippen LogP contribution in [0.1, 0.15) is 39.8 Å². The zero-order valence-electron chi connectivity index (χ0n) is 17.9. The van der Waals surface area contributed by atoms with Crippen molar-refractivity contribution in [3.8, 4) is 22.6 Å². The lowest BCUT2D eigenvalue weighted by molar-refractivity contribution is 0.230. The molecule has 0 bridgehead atoms. The predicted octanol–water partition coefficient (Wildman–Crippen LogP) is 6.44. The van der Waals surface area contributed by atoms with Gasteiger partial charge in [-0.05, 0) is 29.9 Å². The van der Waals surface area contributed by atoms with Crippen molar-refractivity contribution in [2.45, 2.75) is 40.5 Å². The molecular weight excluding hydrogens is 375 g/mol. The molecule has 0 unspecified atom stereocenters. The van der Waals surface area contributed by atoms with Crippen LogP contribution in [-0.4, -0.2) is 19.9 Å². The molecule has 0 aliphatic rings. The standard InChI is InChI=1S/C25H27FN4/c1-5-17(25(2,3)4)11-19-13-22(16-9-7-6-8-10-16)30-24(29-19)21-15-28-23-20(21)12-18(26)14-27-23/h6-10,12-15,17H,5,11H2,1-4H3,(H,27,28)/t17-/m0/s1. The molecule has 0 spiro atoms. The second kappa shape index (κ2) is 7.98. The molecule has 1 aromatic carbocycles. The molecule has 4 aromatic rings. The minimum Gasteiger partial charge on any atom is -0.345 e. The Labute approximate surface area is 176 Å². The van der Waals surface area contributed by atoms with Crippen LogP contribution in [0.15, 0.2) is 54.9 Å². The number of H-pyrrole nitrogens is 1. The van der Waals surface area contributed by atoms with E-state index in [-0.39, 0.29) is 11.2 Å². The molecule has 0 aliphatic heterocycles. The summed E-state index contributed by atoms with van der Waals surface area (Å²) in [6.07, 6.45) is 4.96. The van der Waals surface area contributed by atoms with Gasteiger partial charge in [0.2, 0.25) is 0 Å². The number of rotatable bonds is 5. The van der Waals surface area contributed by atoms with Crippen molar-refractivity contribution in [2.75, 3.05) is 0 Å². The molecule has 1 N–H and O–H groups in total. The van der Waals surface area contributed by atoms with Crippen LogP contribution in [0, 0.1) is 17.2 Å². The van der Waals surface area contributed by atoms with Crippen LogP contribution >= 0.6 is 0 Å². The predicted molar refractivity (Wildman–Crippen MR) is 119 cm³/mol. The number of nitrogens with one attached hydrogen (secondary N) is 1. The Kier molecular flexibility index (Phi) is 5.37. The fraction of sp³-hybridized carbons (Fsp3) is 0.320. The molecule has 1 atom stereocenters. The first kappa shape index (κ1) is 20.2. The van der Waals surface area contributed by atoms with Gasteiger partial charge in [-0.25, -0.2) is 19.3 Å². The van der Waals surface area contributed by atoms with Crippen molar-refractivity contribution in [2.24, 2.45) is 11.3 Å². The van der Waals surface area contributed by atoms with Crippen LogP contribution in [-0.2, 0) is 6.42 Å². The van der Waals surface area contributed by atoms with Gasteiger partial charge >= 0.3 is 0 Å². The van der Waals surface area contributed by atoms with Crippen molar-refractivity contribution >= 4 is 11.0 Å². The van der Waals surface area contributed by atoms with Crippen LogP contribution < -0.4 is 0 Å². The van der Waals surface area contributed by atoms with E-state index in [1.807, 2.05) is 36.5 Å². The topological polar surface area (TPSA) is 54.5 Å². The van der Waals surface area contributed by atoms with Crippen molar-refractivity contribution in [3.63, 3.8) is 0 Å². The summed E-state index contributed by atoms with van der Waals surface area (Å²) in [7, 11) is 0. The molecule has 4 rings (SSSR count). The summed E-state index contributed by atoms with van der Waals surface area (Å²) in [6.45, 7) is 9.05. The van der Waals surface area contributed by atoms with Crippen LogP contribution in [0.25, 0.3) is 33.7 Å². The maximum atomic E-state index is 13.9. The summed E-state index contributed by atoms with van der Waals surface area (Å²) < 4.78 is 13.9. The number of pyridine rings is 1. The van der Waals surface area contributed by atoms with E-state index in [0.717, 1.165) is 35.4 Å². The number of benzene rings is 1. The van der Waals surface area contributed by atoms with Gasteiger partial charge in [0, 0.05) is 28.4 Å². The van der Waals surface area contributed by atoms with Gasteiger partial charge in [0.15, 0.2) is 5.82 Å². The minimum absolute atomic E-state index is 0.181. The van der Waals surface area contributed by atoms with Crippen LogP contribution in [0.4, 0.5) is 4.39 Å². The molecule has 0 fully saturated rings. The fourth-order valence-electron chi connectivity index (χ4n) is 3.96.